The Hall–Kier alpha value is -1.59. The zero-order chi connectivity index (χ0) is 13.6. The lowest BCUT2D eigenvalue weighted by Crippen LogP contribution is -2.45. The van der Waals surface area contributed by atoms with Gasteiger partial charge >= 0.3 is 0 Å². The van der Waals surface area contributed by atoms with Crippen LogP contribution in [0, 0.1) is 0 Å². The van der Waals surface area contributed by atoms with Crippen molar-refractivity contribution in [2.24, 2.45) is 5.16 Å². The lowest BCUT2D eigenvalue weighted by molar-refractivity contribution is 0.113. The summed E-state index contributed by atoms with van der Waals surface area (Å²) < 4.78 is 5.47. The largest absolute Gasteiger partial charge is 0.494 e. The lowest BCUT2D eigenvalue weighted by Gasteiger charge is -2.23. The molecule has 18 heavy (non-hydrogen) atoms. The topological polar surface area (TPSA) is 74.1 Å². The summed E-state index contributed by atoms with van der Waals surface area (Å²) in [6.07, 6.45) is 0.951. The molecule has 5 nitrogen and oxygen atoms in total. The van der Waals surface area contributed by atoms with Crippen molar-refractivity contribution in [3.05, 3.63) is 29.8 Å². The van der Waals surface area contributed by atoms with Crippen LogP contribution in [-0.2, 0) is 0 Å². The number of nitrogens with zero attached hydrogens (tertiary/aromatic N) is 1. The molecule has 3 N–H and O–H groups in total. The zero-order valence-electron chi connectivity index (χ0n) is 11.0. The first-order valence-corrected chi connectivity index (χ1v) is 5.92. The summed E-state index contributed by atoms with van der Waals surface area (Å²) in [5.41, 5.74) is 2.35. The Morgan fingerprint density at radius 3 is 2.39 bits per heavy atom. The number of oxime groups is 1. The summed E-state index contributed by atoms with van der Waals surface area (Å²) in [5.74, 6) is 0.771. The van der Waals surface area contributed by atoms with Gasteiger partial charge in [-0.2, -0.15) is 5.48 Å². The van der Waals surface area contributed by atoms with Gasteiger partial charge in [0.15, 0.2) is 0 Å². The molecule has 0 fully saturated rings. The molecule has 0 bridgehead atoms. The molecule has 100 valence electrons. The Morgan fingerprint density at radius 1 is 1.33 bits per heavy atom. The second-order valence-corrected chi connectivity index (χ2v) is 4.56. The van der Waals surface area contributed by atoms with E-state index in [0.29, 0.717) is 17.9 Å². The predicted octanol–water partition coefficient (Wildman–Crippen LogP) is 2.41. The van der Waals surface area contributed by atoms with E-state index in [9.17, 15) is 0 Å². The molecule has 1 aromatic carbocycles. The van der Waals surface area contributed by atoms with Crippen molar-refractivity contribution in [1.82, 2.24) is 5.48 Å². The van der Waals surface area contributed by atoms with Gasteiger partial charge in [-0.1, -0.05) is 12.1 Å². The Morgan fingerprint density at radius 2 is 1.94 bits per heavy atom. The number of hydrogen-bond acceptors (Lipinski definition) is 5. The van der Waals surface area contributed by atoms with Gasteiger partial charge < -0.3 is 15.2 Å². The fraction of sp³-hybridized carbons (Fsp3) is 0.462. The lowest BCUT2D eigenvalue weighted by atomic mass is 9.93. The van der Waals surface area contributed by atoms with E-state index < -0.39 is 5.54 Å². The molecule has 0 aliphatic rings. The maximum atomic E-state index is 9.06. The van der Waals surface area contributed by atoms with Crippen molar-refractivity contribution in [1.29, 1.82) is 0 Å². The maximum absolute atomic E-state index is 9.06. The fourth-order valence-corrected chi connectivity index (χ4v) is 1.53. The Bertz CT molecular complexity index is 399. The molecule has 0 saturated carbocycles. The highest BCUT2D eigenvalue weighted by Crippen LogP contribution is 2.18. The van der Waals surface area contributed by atoms with E-state index in [4.69, 9.17) is 15.2 Å². The highest BCUT2D eigenvalue weighted by molar-refractivity contribution is 6.06. The summed E-state index contributed by atoms with van der Waals surface area (Å²) in [4.78, 5) is 0. The van der Waals surface area contributed by atoms with E-state index in [2.05, 4.69) is 10.6 Å². The molecule has 0 unspecified atom stereocenters. The number of rotatable bonds is 6. The van der Waals surface area contributed by atoms with E-state index in [-0.39, 0.29) is 0 Å². The monoisotopic (exact) mass is 252 g/mol. The minimum absolute atomic E-state index is 0.354. The van der Waals surface area contributed by atoms with E-state index in [0.717, 1.165) is 12.2 Å². The summed E-state index contributed by atoms with van der Waals surface area (Å²) in [6, 6.07) is 7.20. The first-order valence-electron chi connectivity index (χ1n) is 5.92. The van der Waals surface area contributed by atoms with Gasteiger partial charge in [0.2, 0.25) is 0 Å². The molecular formula is C13H20N2O3. The van der Waals surface area contributed by atoms with Crippen molar-refractivity contribution in [2.45, 2.75) is 32.7 Å². The average molecular weight is 252 g/mol. The van der Waals surface area contributed by atoms with E-state index in [1.165, 1.54) is 0 Å². The molecule has 5 heteroatoms. The summed E-state index contributed by atoms with van der Waals surface area (Å²) >= 11 is 0. The minimum Gasteiger partial charge on any atom is -0.494 e. The molecule has 0 atom stereocenters. The van der Waals surface area contributed by atoms with Crippen molar-refractivity contribution < 1.29 is 15.2 Å². The molecule has 0 saturated heterocycles. The van der Waals surface area contributed by atoms with Gasteiger partial charge in [-0.05, 0) is 44.5 Å². The Balaban J connectivity index is 2.90. The third-order valence-electron chi connectivity index (χ3n) is 2.57. The molecular weight excluding hydrogens is 232 g/mol. The van der Waals surface area contributed by atoms with Crippen LogP contribution in [0.1, 0.15) is 32.8 Å². The van der Waals surface area contributed by atoms with Gasteiger partial charge in [-0.3, -0.25) is 0 Å². The Kier molecular flexibility index (Phi) is 5.12. The second kappa shape index (κ2) is 6.37. The third kappa shape index (κ3) is 3.45. The van der Waals surface area contributed by atoms with Crippen LogP contribution in [0.4, 0.5) is 0 Å². The summed E-state index contributed by atoms with van der Waals surface area (Å²) in [7, 11) is 0. The van der Waals surface area contributed by atoms with E-state index in [1.54, 1.807) is 26.0 Å². The second-order valence-electron chi connectivity index (χ2n) is 4.56. The van der Waals surface area contributed by atoms with Crippen LogP contribution in [0.25, 0.3) is 0 Å². The predicted molar refractivity (Wildman–Crippen MR) is 69.6 cm³/mol. The zero-order valence-corrected chi connectivity index (χ0v) is 11.0. The molecule has 1 aromatic rings. The molecule has 0 aromatic heterocycles. The van der Waals surface area contributed by atoms with E-state index >= 15 is 0 Å². The van der Waals surface area contributed by atoms with Gasteiger partial charge in [-0.25, -0.2) is 0 Å². The van der Waals surface area contributed by atoms with Gasteiger partial charge in [-0.15, -0.1) is 0 Å². The van der Waals surface area contributed by atoms with Crippen LogP contribution in [0.5, 0.6) is 5.75 Å². The third-order valence-corrected chi connectivity index (χ3v) is 2.57. The number of benzene rings is 1. The maximum Gasteiger partial charge on any atom is 0.119 e. The van der Waals surface area contributed by atoms with Crippen LogP contribution >= 0.6 is 0 Å². The van der Waals surface area contributed by atoms with Crippen molar-refractivity contribution in [3.63, 3.8) is 0 Å². The highest BCUT2D eigenvalue weighted by atomic mass is 16.5. The van der Waals surface area contributed by atoms with Crippen LogP contribution in [0.15, 0.2) is 29.4 Å². The molecule has 0 spiro atoms. The summed E-state index contributed by atoms with van der Waals surface area (Å²) in [5, 5.41) is 21.4. The number of hydrogen-bond donors (Lipinski definition) is 3. The number of nitrogens with one attached hydrogen (secondary N) is 1. The van der Waals surface area contributed by atoms with E-state index in [1.807, 2.05) is 19.1 Å². The molecule has 0 aliphatic carbocycles. The van der Waals surface area contributed by atoms with Crippen molar-refractivity contribution >= 4 is 5.71 Å². The van der Waals surface area contributed by atoms with Gasteiger partial charge in [0.1, 0.15) is 11.5 Å². The fourth-order valence-electron chi connectivity index (χ4n) is 1.53. The van der Waals surface area contributed by atoms with Crippen molar-refractivity contribution in [3.8, 4) is 5.75 Å². The molecule has 1 rings (SSSR count). The normalized spacial score (nSPS) is 12.6. The first-order chi connectivity index (χ1) is 8.55. The quantitative estimate of drug-likeness (QED) is 0.413. The SMILES string of the molecule is CCCOc1ccc(/C(=N\O)C(C)(C)NO)cc1. The number of ether oxygens (including phenoxy) is 1. The van der Waals surface area contributed by atoms with Crippen LogP contribution in [-0.4, -0.2) is 28.3 Å². The average Bonchev–Trinajstić information content (AvgIpc) is 2.38. The molecule has 0 aliphatic heterocycles. The Labute approximate surface area is 107 Å². The standard InChI is InChI=1S/C13H20N2O3/c1-4-9-18-11-7-5-10(6-8-11)12(14-16)13(2,3)15-17/h5-8,15-17H,4,9H2,1-3H3/b14-12+. The molecule has 0 heterocycles. The van der Waals surface area contributed by atoms with Crippen LogP contribution < -0.4 is 10.2 Å². The molecule has 0 radical (unpaired) electrons. The van der Waals surface area contributed by atoms with Gasteiger partial charge in [0.05, 0.1) is 12.1 Å². The summed E-state index contributed by atoms with van der Waals surface area (Å²) in [6.45, 7) is 6.14. The highest BCUT2D eigenvalue weighted by Gasteiger charge is 2.26. The van der Waals surface area contributed by atoms with Gasteiger partial charge in [0, 0.05) is 5.56 Å². The smallest absolute Gasteiger partial charge is 0.119 e. The van der Waals surface area contributed by atoms with Crippen LogP contribution in [0.2, 0.25) is 0 Å². The molecule has 0 amide bonds. The first kappa shape index (κ1) is 14.5. The van der Waals surface area contributed by atoms with Crippen LogP contribution in [0.3, 0.4) is 0 Å². The number of hydroxylamine groups is 1. The minimum atomic E-state index is -0.833. The van der Waals surface area contributed by atoms with Crippen molar-refractivity contribution in [2.75, 3.05) is 6.61 Å². The van der Waals surface area contributed by atoms with Gasteiger partial charge in [0.25, 0.3) is 0 Å².